The van der Waals surface area contributed by atoms with E-state index in [1.807, 2.05) is 12.1 Å². The maximum atomic E-state index is 12.9. The molecule has 0 spiro atoms. The second-order valence-corrected chi connectivity index (χ2v) is 9.80. The lowest BCUT2D eigenvalue weighted by molar-refractivity contribution is -0.142. The summed E-state index contributed by atoms with van der Waals surface area (Å²) in [7, 11) is 0. The summed E-state index contributed by atoms with van der Waals surface area (Å²) < 4.78 is 11.2. The third-order valence-electron chi connectivity index (χ3n) is 6.88. The number of carbonyl (C=O) groups excluding carboxylic acids is 1. The maximum absolute atomic E-state index is 12.9. The standard InChI is InChI=1S/C28H43NO3/c1-4-6-8-9-10-11-23-12-14-24(15-13-23)21-28(3,22-29)27(30)32-26-18-16-25(17-19-26)31-20-7-5-2/h16-19,23-24H,4-15,20-21H2,1-3H3. The first-order chi connectivity index (χ1) is 15.5. The van der Waals surface area contributed by atoms with Gasteiger partial charge in [0, 0.05) is 0 Å². The van der Waals surface area contributed by atoms with E-state index < -0.39 is 11.4 Å². The molecule has 1 aliphatic carbocycles. The number of nitrogens with zero attached hydrogens (tertiary/aromatic N) is 1. The molecule has 0 saturated heterocycles. The number of nitriles is 1. The summed E-state index contributed by atoms with van der Waals surface area (Å²) in [4.78, 5) is 12.9. The molecule has 32 heavy (non-hydrogen) atoms. The quantitative estimate of drug-likeness (QED) is 0.167. The molecular formula is C28H43NO3. The number of hydrogen-bond donors (Lipinski definition) is 0. The number of unbranched alkanes of at least 4 members (excludes halogenated alkanes) is 5. The van der Waals surface area contributed by atoms with Crippen LogP contribution in [0.1, 0.15) is 104 Å². The Morgan fingerprint density at radius 1 is 0.938 bits per heavy atom. The van der Waals surface area contributed by atoms with Gasteiger partial charge in [0.1, 0.15) is 11.5 Å². The van der Waals surface area contributed by atoms with Crippen molar-refractivity contribution in [2.75, 3.05) is 6.61 Å². The van der Waals surface area contributed by atoms with Gasteiger partial charge in [-0.2, -0.15) is 5.26 Å². The van der Waals surface area contributed by atoms with Crippen LogP contribution in [0.15, 0.2) is 24.3 Å². The summed E-state index contributed by atoms with van der Waals surface area (Å²) in [5.74, 6) is 2.04. The molecule has 1 unspecified atom stereocenters. The Morgan fingerprint density at radius 2 is 1.53 bits per heavy atom. The number of esters is 1. The lowest BCUT2D eigenvalue weighted by Gasteiger charge is -2.32. The normalized spacial score (nSPS) is 20.2. The van der Waals surface area contributed by atoms with Crippen LogP contribution >= 0.6 is 0 Å². The van der Waals surface area contributed by atoms with Gasteiger partial charge in [-0.05, 0) is 55.9 Å². The summed E-state index contributed by atoms with van der Waals surface area (Å²) in [6.45, 7) is 6.80. The molecule has 0 aliphatic heterocycles. The van der Waals surface area contributed by atoms with Gasteiger partial charge in [0.05, 0.1) is 12.7 Å². The molecule has 0 bridgehead atoms. The second kappa shape index (κ2) is 14.2. The largest absolute Gasteiger partial charge is 0.494 e. The smallest absolute Gasteiger partial charge is 0.331 e. The van der Waals surface area contributed by atoms with Crippen molar-refractivity contribution in [2.45, 2.75) is 104 Å². The van der Waals surface area contributed by atoms with Crippen molar-refractivity contribution < 1.29 is 14.3 Å². The Morgan fingerprint density at radius 3 is 2.16 bits per heavy atom. The van der Waals surface area contributed by atoms with Crippen LogP contribution in [0.4, 0.5) is 0 Å². The van der Waals surface area contributed by atoms with E-state index in [4.69, 9.17) is 9.47 Å². The average molecular weight is 442 g/mol. The van der Waals surface area contributed by atoms with Crippen LogP contribution in [-0.4, -0.2) is 12.6 Å². The predicted molar refractivity (Wildman–Crippen MR) is 130 cm³/mol. The Kier molecular flexibility index (Phi) is 11.6. The first-order valence-corrected chi connectivity index (χ1v) is 12.9. The molecule has 4 heteroatoms. The molecule has 2 rings (SSSR count). The molecule has 1 fully saturated rings. The van der Waals surface area contributed by atoms with E-state index in [0.29, 0.717) is 24.7 Å². The topological polar surface area (TPSA) is 59.3 Å². The highest BCUT2D eigenvalue weighted by atomic mass is 16.5. The van der Waals surface area contributed by atoms with Crippen LogP contribution in [-0.2, 0) is 4.79 Å². The van der Waals surface area contributed by atoms with Crippen molar-refractivity contribution in [2.24, 2.45) is 17.3 Å². The van der Waals surface area contributed by atoms with Crippen LogP contribution < -0.4 is 9.47 Å². The minimum atomic E-state index is -1.10. The molecule has 1 saturated carbocycles. The van der Waals surface area contributed by atoms with Gasteiger partial charge in [0.15, 0.2) is 5.41 Å². The van der Waals surface area contributed by atoms with Crippen molar-refractivity contribution in [3.8, 4) is 17.6 Å². The van der Waals surface area contributed by atoms with E-state index in [0.717, 1.165) is 37.4 Å². The third-order valence-corrected chi connectivity index (χ3v) is 6.88. The summed E-state index contributed by atoms with van der Waals surface area (Å²) >= 11 is 0. The van der Waals surface area contributed by atoms with E-state index in [9.17, 15) is 10.1 Å². The van der Waals surface area contributed by atoms with Crippen molar-refractivity contribution in [3.05, 3.63) is 24.3 Å². The van der Waals surface area contributed by atoms with Crippen LogP contribution in [0.25, 0.3) is 0 Å². The number of benzene rings is 1. The van der Waals surface area contributed by atoms with Gasteiger partial charge in [0.2, 0.25) is 0 Å². The van der Waals surface area contributed by atoms with Crippen LogP contribution in [0.2, 0.25) is 0 Å². The van der Waals surface area contributed by atoms with Gasteiger partial charge >= 0.3 is 5.97 Å². The average Bonchev–Trinajstić information content (AvgIpc) is 2.81. The van der Waals surface area contributed by atoms with E-state index in [-0.39, 0.29) is 0 Å². The van der Waals surface area contributed by atoms with Crippen LogP contribution in [0.5, 0.6) is 11.5 Å². The number of rotatable bonds is 14. The van der Waals surface area contributed by atoms with Gasteiger partial charge in [0.25, 0.3) is 0 Å². The molecule has 0 heterocycles. The molecule has 0 amide bonds. The fourth-order valence-corrected chi connectivity index (χ4v) is 4.67. The van der Waals surface area contributed by atoms with Crippen LogP contribution in [0.3, 0.4) is 0 Å². The molecule has 1 aromatic carbocycles. The van der Waals surface area contributed by atoms with Crippen molar-refractivity contribution in [3.63, 3.8) is 0 Å². The van der Waals surface area contributed by atoms with Crippen LogP contribution in [0, 0.1) is 28.6 Å². The van der Waals surface area contributed by atoms with Gasteiger partial charge < -0.3 is 9.47 Å². The van der Waals surface area contributed by atoms with Gasteiger partial charge in [-0.1, -0.05) is 84.5 Å². The number of carbonyl (C=O) groups is 1. The molecule has 0 radical (unpaired) electrons. The molecule has 178 valence electrons. The third kappa shape index (κ3) is 8.85. The zero-order valence-corrected chi connectivity index (χ0v) is 20.5. The van der Waals surface area contributed by atoms with Gasteiger partial charge in [-0.15, -0.1) is 0 Å². The minimum Gasteiger partial charge on any atom is -0.494 e. The molecule has 0 N–H and O–H groups in total. The first-order valence-electron chi connectivity index (χ1n) is 12.9. The highest BCUT2D eigenvalue weighted by Crippen LogP contribution is 2.39. The summed E-state index contributed by atoms with van der Waals surface area (Å²) in [6.07, 6.45) is 15.4. The molecule has 1 atom stereocenters. The Labute approximate surface area is 195 Å². The Hall–Kier alpha value is -2.02. The van der Waals surface area contributed by atoms with Crippen molar-refractivity contribution in [1.29, 1.82) is 5.26 Å². The lowest BCUT2D eigenvalue weighted by Crippen LogP contribution is -2.33. The second-order valence-electron chi connectivity index (χ2n) is 9.80. The van der Waals surface area contributed by atoms with Gasteiger partial charge in [-0.25, -0.2) is 4.79 Å². The van der Waals surface area contributed by atoms with Gasteiger partial charge in [-0.3, -0.25) is 0 Å². The maximum Gasteiger partial charge on any atom is 0.331 e. The lowest BCUT2D eigenvalue weighted by atomic mass is 9.72. The monoisotopic (exact) mass is 441 g/mol. The number of hydrogen-bond acceptors (Lipinski definition) is 4. The van der Waals surface area contributed by atoms with E-state index in [2.05, 4.69) is 19.9 Å². The molecule has 1 aromatic rings. The first kappa shape index (κ1) is 26.2. The van der Waals surface area contributed by atoms with Crippen molar-refractivity contribution >= 4 is 5.97 Å². The predicted octanol–water partition coefficient (Wildman–Crippen LogP) is 7.86. The zero-order valence-electron chi connectivity index (χ0n) is 20.5. The Balaban J connectivity index is 1.78. The highest BCUT2D eigenvalue weighted by molar-refractivity contribution is 5.81. The summed E-state index contributed by atoms with van der Waals surface area (Å²) in [6, 6.07) is 9.36. The number of ether oxygens (including phenoxy) is 2. The molecule has 1 aliphatic rings. The SMILES string of the molecule is CCCCCCCC1CCC(CC(C)(C#N)C(=O)Oc2ccc(OCCCC)cc2)CC1. The molecular weight excluding hydrogens is 398 g/mol. The fourth-order valence-electron chi connectivity index (χ4n) is 4.67. The minimum absolute atomic E-state index is 0.429. The summed E-state index contributed by atoms with van der Waals surface area (Å²) in [5.41, 5.74) is -1.10. The summed E-state index contributed by atoms with van der Waals surface area (Å²) in [5, 5.41) is 9.80. The fraction of sp³-hybridized carbons (Fsp3) is 0.714. The van der Waals surface area contributed by atoms with E-state index in [1.165, 1.54) is 51.4 Å². The van der Waals surface area contributed by atoms with E-state index >= 15 is 0 Å². The van der Waals surface area contributed by atoms with Crippen molar-refractivity contribution in [1.82, 2.24) is 0 Å². The molecule has 0 aromatic heterocycles. The van der Waals surface area contributed by atoms with E-state index in [1.54, 1.807) is 19.1 Å². The Bertz CT molecular complexity index is 700. The molecule has 4 nitrogen and oxygen atoms in total. The highest BCUT2D eigenvalue weighted by Gasteiger charge is 2.39. The zero-order chi connectivity index (χ0) is 23.2.